The second kappa shape index (κ2) is 6.39. The van der Waals surface area contributed by atoms with Gasteiger partial charge in [-0.1, -0.05) is 24.3 Å². The maximum absolute atomic E-state index is 12.6. The highest BCUT2D eigenvalue weighted by molar-refractivity contribution is 6.11. The van der Waals surface area contributed by atoms with Crippen molar-refractivity contribution in [1.82, 2.24) is 0 Å². The fourth-order valence-corrected chi connectivity index (χ4v) is 2.36. The van der Waals surface area contributed by atoms with Crippen molar-refractivity contribution in [3.05, 3.63) is 41.5 Å². The SMILES string of the molecule is CC(C)(C)OC(=O)c1cc2ccccc2c(O)c1C(=O)OC(C)(C)C. The molecule has 0 spiro atoms. The summed E-state index contributed by atoms with van der Waals surface area (Å²) in [4.78, 5) is 25.2. The first-order chi connectivity index (χ1) is 11.4. The van der Waals surface area contributed by atoms with Crippen LogP contribution in [0.2, 0.25) is 0 Å². The number of phenols is 1. The van der Waals surface area contributed by atoms with E-state index >= 15 is 0 Å². The van der Waals surface area contributed by atoms with Crippen LogP contribution in [-0.4, -0.2) is 28.2 Å². The van der Waals surface area contributed by atoms with Gasteiger partial charge < -0.3 is 14.6 Å². The number of ether oxygens (including phenoxy) is 2. The van der Waals surface area contributed by atoms with Gasteiger partial charge in [-0.15, -0.1) is 0 Å². The summed E-state index contributed by atoms with van der Waals surface area (Å²) in [6, 6.07) is 8.50. The summed E-state index contributed by atoms with van der Waals surface area (Å²) in [6.07, 6.45) is 0. The molecule has 0 aromatic heterocycles. The van der Waals surface area contributed by atoms with E-state index in [1.165, 1.54) is 0 Å². The first-order valence-corrected chi connectivity index (χ1v) is 8.10. The Morgan fingerprint density at radius 3 is 1.96 bits per heavy atom. The van der Waals surface area contributed by atoms with Crippen LogP contribution in [0.1, 0.15) is 62.3 Å². The Balaban J connectivity index is 2.67. The second-order valence-electron chi connectivity index (χ2n) is 7.87. The molecule has 0 radical (unpaired) electrons. The third-order valence-electron chi connectivity index (χ3n) is 3.24. The number of esters is 2. The van der Waals surface area contributed by atoms with Gasteiger partial charge in [0.2, 0.25) is 0 Å². The number of carbonyl (C=O) groups is 2. The van der Waals surface area contributed by atoms with Gasteiger partial charge in [-0.3, -0.25) is 0 Å². The zero-order valence-corrected chi connectivity index (χ0v) is 15.5. The van der Waals surface area contributed by atoms with Crippen LogP contribution >= 0.6 is 0 Å². The highest BCUT2D eigenvalue weighted by Gasteiger charge is 2.30. The van der Waals surface area contributed by atoms with Crippen molar-refractivity contribution in [2.45, 2.75) is 52.7 Å². The minimum Gasteiger partial charge on any atom is -0.506 e. The lowest BCUT2D eigenvalue weighted by molar-refractivity contribution is 0.00165. The lowest BCUT2D eigenvalue weighted by atomic mass is 9.98. The molecule has 0 atom stereocenters. The monoisotopic (exact) mass is 344 g/mol. The molecule has 0 saturated heterocycles. The third kappa shape index (κ3) is 4.50. The van der Waals surface area contributed by atoms with Crippen LogP contribution in [0.15, 0.2) is 30.3 Å². The molecule has 0 aliphatic carbocycles. The summed E-state index contributed by atoms with van der Waals surface area (Å²) in [6.45, 7) is 10.4. The van der Waals surface area contributed by atoms with E-state index in [4.69, 9.17) is 9.47 Å². The molecule has 2 aromatic carbocycles. The Labute approximate surface area is 147 Å². The van der Waals surface area contributed by atoms with E-state index in [0.717, 1.165) is 0 Å². The number of hydrogen-bond donors (Lipinski definition) is 1. The summed E-state index contributed by atoms with van der Waals surface area (Å²) in [7, 11) is 0. The molecule has 0 aliphatic rings. The molecule has 0 amide bonds. The molecule has 0 fully saturated rings. The van der Waals surface area contributed by atoms with Gasteiger partial charge >= 0.3 is 11.9 Å². The van der Waals surface area contributed by atoms with Crippen LogP contribution in [-0.2, 0) is 9.47 Å². The van der Waals surface area contributed by atoms with E-state index in [1.807, 2.05) is 0 Å². The number of carbonyl (C=O) groups excluding carboxylic acids is 2. The average Bonchev–Trinajstić information content (AvgIpc) is 2.43. The van der Waals surface area contributed by atoms with Crippen LogP contribution < -0.4 is 0 Å². The Morgan fingerprint density at radius 1 is 0.880 bits per heavy atom. The fraction of sp³-hybridized carbons (Fsp3) is 0.400. The van der Waals surface area contributed by atoms with Gasteiger partial charge in [0, 0.05) is 5.39 Å². The Morgan fingerprint density at radius 2 is 1.40 bits per heavy atom. The molecule has 1 N–H and O–H groups in total. The van der Waals surface area contributed by atoms with Crippen molar-refractivity contribution in [2.75, 3.05) is 0 Å². The fourth-order valence-electron chi connectivity index (χ4n) is 2.36. The summed E-state index contributed by atoms with van der Waals surface area (Å²) in [5.74, 6) is -1.74. The van der Waals surface area contributed by atoms with Crippen molar-refractivity contribution in [3.63, 3.8) is 0 Å². The molecule has 5 heteroatoms. The van der Waals surface area contributed by atoms with Crippen LogP contribution in [0.5, 0.6) is 5.75 Å². The van der Waals surface area contributed by atoms with Crippen molar-refractivity contribution in [3.8, 4) is 5.75 Å². The molecule has 5 nitrogen and oxygen atoms in total. The molecule has 134 valence electrons. The van der Waals surface area contributed by atoms with E-state index in [1.54, 1.807) is 71.9 Å². The van der Waals surface area contributed by atoms with Crippen molar-refractivity contribution in [2.24, 2.45) is 0 Å². The molecular weight excluding hydrogens is 320 g/mol. The lowest BCUT2D eigenvalue weighted by Crippen LogP contribution is -2.28. The van der Waals surface area contributed by atoms with Gasteiger partial charge in [-0.2, -0.15) is 0 Å². The van der Waals surface area contributed by atoms with Crippen molar-refractivity contribution in [1.29, 1.82) is 0 Å². The molecule has 0 unspecified atom stereocenters. The zero-order valence-electron chi connectivity index (χ0n) is 15.5. The molecular formula is C20H24O5. The number of rotatable bonds is 2. The second-order valence-corrected chi connectivity index (χ2v) is 7.87. The highest BCUT2D eigenvalue weighted by atomic mass is 16.6. The minimum atomic E-state index is -0.767. The van der Waals surface area contributed by atoms with Gasteiger partial charge in [0.1, 0.15) is 22.5 Å². The van der Waals surface area contributed by atoms with E-state index in [2.05, 4.69) is 0 Å². The quantitative estimate of drug-likeness (QED) is 0.815. The molecule has 0 bridgehead atoms. The number of fused-ring (bicyclic) bond motifs is 1. The summed E-state index contributed by atoms with van der Waals surface area (Å²) in [5, 5.41) is 11.7. The number of phenolic OH excluding ortho intramolecular Hbond substituents is 1. The molecule has 2 aromatic rings. The Hall–Kier alpha value is -2.56. The molecule has 25 heavy (non-hydrogen) atoms. The summed E-state index contributed by atoms with van der Waals surface area (Å²) in [5.41, 5.74) is -1.69. The molecule has 0 saturated carbocycles. The summed E-state index contributed by atoms with van der Waals surface area (Å²) < 4.78 is 10.8. The zero-order chi connectivity index (χ0) is 19.0. The lowest BCUT2D eigenvalue weighted by Gasteiger charge is -2.23. The normalized spacial score (nSPS) is 12.1. The molecule has 2 rings (SSSR count). The maximum atomic E-state index is 12.6. The van der Waals surface area contributed by atoms with E-state index in [0.29, 0.717) is 10.8 Å². The third-order valence-corrected chi connectivity index (χ3v) is 3.24. The predicted molar refractivity (Wildman–Crippen MR) is 95.9 cm³/mol. The van der Waals surface area contributed by atoms with Gasteiger partial charge in [-0.05, 0) is 53.0 Å². The number of hydrogen-bond acceptors (Lipinski definition) is 5. The van der Waals surface area contributed by atoms with Gasteiger partial charge in [0.25, 0.3) is 0 Å². The number of benzene rings is 2. The highest BCUT2D eigenvalue weighted by Crippen LogP contribution is 2.34. The maximum Gasteiger partial charge on any atom is 0.343 e. The minimum absolute atomic E-state index is 0.0135. The topological polar surface area (TPSA) is 72.8 Å². The average molecular weight is 344 g/mol. The van der Waals surface area contributed by atoms with E-state index < -0.39 is 23.1 Å². The largest absolute Gasteiger partial charge is 0.506 e. The Kier molecular flexibility index (Phi) is 4.80. The van der Waals surface area contributed by atoms with Gasteiger partial charge in [-0.25, -0.2) is 9.59 Å². The van der Waals surface area contributed by atoms with Crippen LogP contribution in [0.3, 0.4) is 0 Å². The van der Waals surface area contributed by atoms with Crippen molar-refractivity contribution < 1.29 is 24.2 Å². The summed E-state index contributed by atoms with van der Waals surface area (Å²) >= 11 is 0. The van der Waals surface area contributed by atoms with Crippen LogP contribution in [0.4, 0.5) is 0 Å². The van der Waals surface area contributed by atoms with Crippen LogP contribution in [0, 0.1) is 0 Å². The van der Waals surface area contributed by atoms with Crippen molar-refractivity contribution >= 4 is 22.7 Å². The van der Waals surface area contributed by atoms with Gasteiger partial charge in [0.15, 0.2) is 0 Å². The number of aromatic hydroxyl groups is 1. The van der Waals surface area contributed by atoms with E-state index in [9.17, 15) is 14.7 Å². The predicted octanol–water partition coefficient (Wildman–Crippen LogP) is 4.46. The molecule has 0 heterocycles. The van der Waals surface area contributed by atoms with Crippen LogP contribution in [0.25, 0.3) is 10.8 Å². The molecule has 0 aliphatic heterocycles. The first-order valence-electron chi connectivity index (χ1n) is 8.10. The first kappa shape index (κ1) is 18.8. The smallest absolute Gasteiger partial charge is 0.343 e. The van der Waals surface area contributed by atoms with Gasteiger partial charge in [0.05, 0.1) is 5.56 Å². The van der Waals surface area contributed by atoms with E-state index in [-0.39, 0.29) is 16.9 Å². The standard InChI is InChI=1S/C20H24O5/c1-19(2,3)24-17(22)14-11-12-9-7-8-10-13(12)16(21)15(14)18(23)25-20(4,5)6/h7-11,21H,1-6H3. The Bertz CT molecular complexity index is 822.